The first-order chi connectivity index (χ1) is 15.6. The minimum Gasteiger partial charge on any atom is -0.508 e. The number of carboxylic acid groups (broad SMARTS) is 2. The van der Waals surface area contributed by atoms with Gasteiger partial charge in [0, 0.05) is 19.4 Å². The smallest absolute Gasteiger partial charge is 0.326 e. The Labute approximate surface area is 189 Å². The van der Waals surface area contributed by atoms with Crippen molar-refractivity contribution in [3.63, 3.8) is 0 Å². The maximum atomic E-state index is 13.2. The van der Waals surface area contributed by atoms with Gasteiger partial charge in [0.15, 0.2) is 0 Å². The number of carboxylic acids is 2. The second-order valence-corrected chi connectivity index (χ2v) is 7.72. The van der Waals surface area contributed by atoms with E-state index in [1.807, 2.05) is 0 Å². The highest BCUT2D eigenvalue weighted by Crippen LogP contribution is 2.20. The van der Waals surface area contributed by atoms with Crippen LogP contribution in [0.3, 0.4) is 0 Å². The van der Waals surface area contributed by atoms with Gasteiger partial charge in [-0.3, -0.25) is 19.2 Å². The molecule has 12 nitrogen and oxygen atoms in total. The van der Waals surface area contributed by atoms with Gasteiger partial charge in [-0.1, -0.05) is 12.1 Å². The number of carbonyl (C=O) groups is 5. The number of aromatic hydroxyl groups is 1. The molecule has 3 atom stereocenters. The van der Waals surface area contributed by atoms with Crippen LogP contribution < -0.4 is 16.4 Å². The highest BCUT2D eigenvalue weighted by Gasteiger charge is 2.38. The third-order valence-electron chi connectivity index (χ3n) is 5.30. The Morgan fingerprint density at radius 2 is 1.73 bits per heavy atom. The number of amides is 3. The fourth-order valence-electron chi connectivity index (χ4n) is 3.62. The van der Waals surface area contributed by atoms with Crippen molar-refractivity contribution in [2.24, 2.45) is 5.73 Å². The van der Waals surface area contributed by atoms with Crippen LogP contribution in [0, 0.1) is 0 Å². The van der Waals surface area contributed by atoms with E-state index in [2.05, 4.69) is 10.6 Å². The highest BCUT2D eigenvalue weighted by atomic mass is 16.4. The number of phenolic OH excluding ortho intramolecular Hbond substituents is 1. The van der Waals surface area contributed by atoms with Gasteiger partial charge >= 0.3 is 11.9 Å². The second kappa shape index (κ2) is 11.8. The van der Waals surface area contributed by atoms with E-state index in [1.54, 1.807) is 12.1 Å². The van der Waals surface area contributed by atoms with Crippen molar-refractivity contribution in [1.29, 1.82) is 0 Å². The predicted octanol–water partition coefficient (Wildman–Crippen LogP) is -1.20. The van der Waals surface area contributed by atoms with Crippen molar-refractivity contribution < 1.29 is 39.3 Å². The molecule has 12 heteroatoms. The molecule has 3 amide bonds. The van der Waals surface area contributed by atoms with Crippen molar-refractivity contribution in [1.82, 2.24) is 15.5 Å². The average molecular weight is 464 g/mol. The number of phenols is 1. The molecular formula is C21H28N4O8. The van der Waals surface area contributed by atoms with Crippen LogP contribution in [0.1, 0.15) is 31.2 Å². The van der Waals surface area contributed by atoms with Gasteiger partial charge in [-0.15, -0.1) is 0 Å². The Hall–Kier alpha value is -3.67. The number of nitrogens with two attached hydrogens (primary N) is 1. The molecule has 0 radical (unpaired) electrons. The summed E-state index contributed by atoms with van der Waals surface area (Å²) >= 11 is 0. The number of hydrogen-bond donors (Lipinski definition) is 6. The lowest BCUT2D eigenvalue weighted by atomic mass is 10.0. The van der Waals surface area contributed by atoms with Crippen molar-refractivity contribution in [2.75, 3.05) is 13.1 Å². The fourth-order valence-corrected chi connectivity index (χ4v) is 3.62. The highest BCUT2D eigenvalue weighted by molar-refractivity contribution is 5.94. The number of hydrogen-bond acceptors (Lipinski definition) is 7. The molecule has 33 heavy (non-hydrogen) atoms. The summed E-state index contributed by atoms with van der Waals surface area (Å²) < 4.78 is 0. The summed E-state index contributed by atoms with van der Waals surface area (Å²) in [4.78, 5) is 61.5. The Bertz CT molecular complexity index is 889. The lowest BCUT2D eigenvalue weighted by Crippen LogP contribution is -2.57. The molecule has 180 valence electrons. The van der Waals surface area contributed by atoms with Gasteiger partial charge < -0.3 is 36.6 Å². The van der Waals surface area contributed by atoms with Crippen molar-refractivity contribution in [2.45, 2.75) is 50.2 Å². The number of nitrogens with one attached hydrogen (secondary N) is 2. The Kier molecular flexibility index (Phi) is 9.16. The standard InChI is InChI=1S/C21H28N4O8/c22-11-17(27)23-14(7-8-18(28)29)19(30)24-15(10-12-3-5-13(26)6-4-12)20(31)25-9-1-2-16(25)21(32)33/h3-6,14-16,26H,1-2,7-11,22H2,(H,23,27)(H,24,30)(H,28,29)(H,32,33). The molecule has 1 aromatic rings. The van der Waals surface area contributed by atoms with Crippen LogP contribution in [0.4, 0.5) is 0 Å². The molecule has 1 fully saturated rings. The van der Waals surface area contributed by atoms with Crippen LogP contribution in [0.2, 0.25) is 0 Å². The molecule has 1 aliphatic heterocycles. The summed E-state index contributed by atoms with van der Waals surface area (Å²) in [6.07, 6.45) is 0.135. The van der Waals surface area contributed by atoms with E-state index in [0.717, 1.165) is 0 Å². The Balaban J connectivity index is 2.26. The molecule has 0 bridgehead atoms. The third-order valence-corrected chi connectivity index (χ3v) is 5.30. The number of carbonyl (C=O) groups excluding carboxylic acids is 3. The lowest BCUT2D eigenvalue weighted by Gasteiger charge is -2.29. The summed E-state index contributed by atoms with van der Waals surface area (Å²) in [5.41, 5.74) is 5.86. The molecule has 2 rings (SSSR count). The zero-order chi connectivity index (χ0) is 24.5. The molecule has 1 heterocycles. The first-order valence-corrected chi connectivity index (χ1v) is 10.4. The van der Waals surface area contributed by atoms with Gasteiger partial charge in [-0.05, 0) is 37.0 Å². The third kappa shape index (κ3) is 7.45. The van der Waals surface area contributed by atoms with E-state index < -0.39 is 60.8 Å². The van der Waals surface area contributed by atoms with Crippen molar-refractivity contribution in [3.8, 4) is 5.75 Å². The van der Waals surface area contributed by atoms with E-state index in [1.165, 1.54) is 17.0 Å². The molecule has 7 N–H and O–H groups in total. The molecule has 1 saturated heterocycles. The molecule has 1 aliphatic rings. The quantitative estimate of drug-likeness (QED) is 0.233. The maximum Gasteiger partial charge on any atom is 0.326 e. The van der Waals surface area contributed by atoms with Gasteiger partial charge in [-0.25, -0.2) is 4.79 Å². The van der Waals surface area contributed by atoms with Crippen molar-refractivity contribution >= 4 is 29.7 Å². The molecule has 0 saturated carbocycles. The van der Waals surface area contributed by atoms with E-state index in [9.17, 15) is 34.2 Å². The lowest BCUT2D eigenvalue weighted by molar-refractivity contribution is -0.149. The summed E-state index contributed by atoms with van der Waals surface area (Å²) in [5, 5.41) is 32.7. The molecule has 0 aromatic heterocycles. The molecule has 0 spiro atoms. The van der Waals surface area contributed by atoms with Crippen LogP contribution in [0.25, 0.3) is 0 Å². The second-order valence-electron chi connectivity index (χ2n) is 7.72. The summed E-state index contributed by atoms with van der Waals surface area (Å²) in [7, 11) is 0. The molecular weight excluding hydrogens is 436 g/mol. The predicted molar refractivity (Wildman–Crippen MR) is 114 cm³/mol. The summed E-state index contributed by atoms with van der Waals surface area (Å²) in [6.45, 7) is -0.203. The SMILES string of the molecule is NCC(=O)NC(CCC(=O)O)C(=O)NC(Cc1ccc(O)cc1)C(=O)N1CCCC1C(=O)O. The number of rotatable bonds is 11. The van der Waals surface area contributed by atoms with E-state index in [4.69, 9.17) is 10.8 Å². The van der Waals surface area contributed by atoms with E-state index >= 15 is 0 Å². The zero-order valence-electron chi connectivity index (χ0n) is 17.9. The normalized spacial score (nSPS) is 17.1. The van der Waals surface area contributed by atoms with Crippen LogP contribution in [-0.2, 0) is 30.4 Å². The van der Waals surface area contributed by atoms with Crippen LogP contribution >= 0.6 is 0 Å². The van der Waals surface area contributed by atoms with Gasteiger partial charge in [0.1, 0.15) is 23.9 Å². The Morgan fingerprint density at radius 1 is 1.06 bits per heavy atom. The first-order valence-electron chi connectivity index (χ1n) is 10.4. The van der Waals surface area contributed by atoms with Crippen LogP contribution in [0.15, 0.2) is 24.3 Å². The topological polar surface area (TPSA) is 199 Å². The summed E-state index contributed by atoms with van der Waals surface area (Å²) in [6, 6.07) is 2.48. The first kappa shape index (κ1) is 25.6. The monoisotopic (exact) mass is 464 g/mol. The van der Waals surface area contributed by atoms with E-state index in [0.29, 0.717) is 12.0 Å². The van der Waals surface area contributed by atoms with E-state index in [-0.39, 0.29) is 31.6 Å². The summed E-state index contributed by atoms with van der Waals surface area (Å²) in [5.74, 6) is -4.38. The van der Waals surface area contributed by atoms with Crippen LogP contribution in [-0.4, -0.2) is 81.1 Å². The zero-order valence-corrected chi connectivity index (χ0v) is 17.9. The van der Waals surface area contributed by atoms with Gasteiger partial charge in [0.05, 0.1) is 6.54 Å². The number of likely N-dealkylation sites (tertiary alicyclic amines) is 1. The average Bonchev–Trinajstić information content (AvgIpc) is 3.27. The number of aliphatic carboxylic acids is 2. The van der Waals surface area contributed by atoms with Gasteiger partial charge in [0.2, 0.25) is 17.7 Å². The fraction of sp³-hybridized carbons (Fsp3) is 0.476. The molecule has 1 aromatic carbocycles. The number of benzene rings is 1. The minimum atomic E-state index is -1.25. The van der Waals surface area contributed by atoms with Crippen molar-refractivity contribution in [3.05, 3.63) is 29.8 Å². The molecule has 3 unspecified atom stereocenters. The largest absolute Gasteiger partial charge is 0.508 e. The maximum absolute atomic E-state index is 13.2. The minimum absolute atomic E-state index is 0.00868. The molecule has 0 aliphatic carbocycles. The van der Waals surface area contributed by atoms with Crippen LogP contribution in [0.5, 0.6) is 5.75 Å². The number of nitrogens with zero attached hydrogens (tertiary/aromatic N) is 1. The van der Waals surface area contributed by atoms with Gasteiger partial charge in [-0.2, -0.15) is 0 Å². The van der Waals surface area contributed by atoms with Gasteiger partial charge in [0.25, 0.3) is 0 Å². The Morgan fingerprint density at radius 3 is 2.30 bits per heavy atom.